The van der Waals surface area contributed by atoms with Crippen molar-refractivity contribution in [1.82, 2.24) is 20.6 Å². The summed E-state index contributed by atoms with van der Waals surface area (Å²) < 4.78 is 0. The van der Waals surface area contributed by atoms with Crippen molar-refractivity contribution in [3.8, 4) is 0 Å². The van der Waals surface area contributed by atoms with Crippen molar-refractivity contribution < 1.29 is 9.59 Å². The maximum absolute atomic E-state index is 11.8. The van der Waals surface area contributed by atoms with Gasteiger partial charge in [0.1, 0.15) is 11.5 Å². The number of nitrogens with zero attached hydrogens (tertiary/aromatic N) is 1. The first-order valence-corrected chi connectivity index (χ1v) is 7.11. The number of nitrogens with one attached hydrogen (secondary N) is 3. The lowest BCUT2D eigenvalue weighted by Gasteiger charge is -2.05. The summed E-state index contributed by atoms with van der Waals surface area (Å²) in [7, 11) is 0. The van der Waals surface area contributed by atoms with Crippen LogP contribution in [0.5, 0.6) is 0 Å². The van der Waals surface area contributed by atoms with Crippen LogP contribution in [0.1, 0.15) is 22.7 Å². The van der Waals surface area contributed by atoms with Gasteiger partial charge in [0.05, 0.1) is 5.75 Å². The standard InChI is InChI=1S/C11H16N4O3S/c1-19-6-9-14-8(5-10(17)15-9)11(18)13-4-2-3-12-7-16/h5,7H,2-4,6H2,1H3,(H,12,16)(H,13,18)(H,14,15,17). The van der Waals surface area contributed by atoms with E-state index >= 15 is 0 Å². The summed E-state index contributed by atoms with van der Waals surface area (Å²) in [5, 5.41) is 5.13. The molecule has 19 heavy (non-hydrogen) atoms. The van der Waals surface area contributed by atoms with Crippen LogP contribution in [0, 0.1) is 0 Å². The van der Waals surface area contributed by atoms with Gasteiger partial charge in [0, 0.05) is 19.2 Å². The van der Waals surface area contributed by atoms with Crippen molar-refractivity contribution in [3.05, 3.63) is 27.9 Å². The van der Waals surface area contributed by atoms with E-state index in [2.05, 4.69) is 20.6 Å². The highest BCUT2D eigenvalue weighted by molar-refractivity contribution is 7.97. The smallest absolute Gasteiger partial charge is 0.270 e. The van der Waals surface area contributed by atoms with Crippen LogP contribution in [0.25, 0.3) is 0 Å². The fraction of sp³-hybridized carbons (Fsp3) is 0.455. The first kappa shape index (κ1) is 15.2. The molecule has 0 fully saturated rings. The van der Waals surface area contributed by atoms with Gasteiger partial charge in [-0.15, -0.1) is 0 Å². The molecule has 1 aromatic rings. The molecule has 0 radical (unpaired) electrons. The Bertz CT molecular complexity index is 489. The lowest BCUT2D eigenvalue weighted by molar-refractivity contribution is -0.109. The van der Waals surface area contributed by atoms with E-state index in [1.807, 2.05) is 6.26 Å². The molecule has 1 aromatic heterocycles. The number of hydrogen-bond acceptors (Lipinski definition) is 5. The van der Waals surface area contributed by atoms with Gasteiger partial charge in [0.2, 0.25) is 6.41 Å². The summed E-state index contributed by atoms with van der Waals surface area (Å²) >= 11 is 1.51. The molecule has 0 unspecified atom stereocenters. The molecule has 1 rings (SSSR count). The third kappa shape index (κ3) is 5.56. The minimum atomic E-state index is -0.389. The highest BCUT2D eigenvalue weighted by atomic mass is 32.2. The van der Waals surface area contributed by atoms with Gasteiger partial charge in [-0.2, -0.15) is 11.8 Å². The Labute approximate surface area is 114 Å². The summed E-state index contributed by atoms with van der Waals surface area (Å²) in [5.41, 5.74) is -0.233. The highest BCUT2D eigenvalue weighted by Crippen LogP contribution is 2.02. The minimum absolute atomic E-state index is 0.108. The average Bonchev–Trinajstić information content (AvgIpc) is 2.38. The summed E-state index contributed by atoms with van der Waals surface area (Å²) in [4.78, 5) is 39.8. The second-order valence-electron chi connectivity index (χ2n) is 3.69. The Kier molecular flexibility index (Phi) is 6.65. The number of rotatable bonds is 8. The Morgan fingerprint density at radius 1 is 1.53 bits per heavy atom. The fourth-order valence-corrected chi connectivity index (χ4v) is 1.78. The van der Waals surface area contributed by atoms with Crippen LogP contribution in [0.2, 0.25) is 0 Å². The molecule has 0 aliphatic rings. The molecule has 0 spiro atoms. The van der Waals surface area contributed by atoms with Crippen molar-refractivity contribution in [2.75, 3.05) is 19.3 Å². The lowest BCUT2D eigenvalue weighted by atomic mass is 10.3. The number of H-pyrrole nitrogens is 1. The maximum Gasteiger partial charge on any atom is 0.270 e. The quantitative estimate of drug-likeness (QED) is 0.441. The van der Waals surface area contributed by atoms with E-state index in [1.165, 1.54) is 17.8 Å². The Balaban J connectivity index is 2.56. The first-order valence-electron chi connectivity index (χ1n) is 5.71. The molecule has 0 aliphatic carbocycles. The molecule has 7 nitrogen and oxygen atoms in total. The van der Waals surface area contributed by atoms with E-state index in [9.17, 15) is 14.4 Å². The van der Waals surface area contributed by atoms with Gasteiger partial charge in [0.25, 0.3) is 11.5 Å². The van der Waals surface area contributed by atoms with Crippen LogP contribution in [-0.2, 0) is 10.5 Å². The molecular weight excluding hydrogens is 268 g/mol. The van der Waals surface area contributed by atoms with Crippen LogP contribution in [0.4, 0.5) is 0 Å². The third-order valence-electron chi connectivity index (χ3n) is 2.17. The van der Waals surface area contributed by atoms with E-state index in [1.54, 1.807) is 0 Å². The van der Waals surface area contributed by atoms with Crippen LogP contribution >= 0.6 is 11.8 Å². The predicted octanol–water partition coefficient (Wildman–Crippen LogP) is -0.501. The maximum atomic E-state index is 11.8. The predicted molar refractivity (Wildman–Crippen MR) is 73.1 cm³/mol. The SMILES string of the molecule is CSCc1nc(C(=O)NCCCNC=O)cc(=O)[nH]1. The lowest BCUT2D eigenvalue weighted by Crippen LogP contribution is -2.29. The summed E-state index contributed by atoms with van der Waals surface area (Å²) in [6, 6.07) is 1.17. The zero-order chi connectivity index (χ0) is 14.1. The fourth-order valence-electron chi connectivity index (χ4n) is 1.37. The van der Waals surface area contributed by atoms with Crippen molar-refractivity contribution in [3.63, 3.8) is 0 Å². The molecule has 2 amide bonds. The summed E-state index contributed by atoms with van der Waals surface area (Å²) in [5.74, 6) is 0.631. The monoisotopic (exact) mass is 284 g/mol. The zero-order valence-electron chi connectivity index (χ0n) is 10.6. The van der Waals surface area contributed by atoms with Gasteiger partial charge in [-0.25, -0.2) is 4.98 Å². The average molecular weight is 284 g/mol. The first-order chi connectivity index (χ1) is 9.17. The van der Waals surface area contributed by atoms with Gasteiger partial charge in [-0.05, 0) is 12.7 Å². The van der Waals surface area contributed by atoms with Crippen LogP contribution in [0.15, 0.2) is 10.9 Å². The van der Waals surface area contributed by atoms with Gasteiger partial charge < -0.3 is 15.6 Å². The van der Waals surface area contributed by atoms with Crippen LogP contribution < -0.4 is 16.2 Å². The molecule has 3 N–H and O–H groups in total. The van der Waals surface area contributed by atoms with E-state index in [-0.39, 0.29) is 17.2 Å². The van der Waals surface area contributed by atoms with E-state index in [0.29, 0.717) is 37.5 Å². The molecule has 104 valence electrons. The Morgan fingerprint density at radius 2 is 2.32 bits per heavy atom. The van der Waals surface area contributed by atoms with Gasteiger partial charge in [-0.1, -0.05) is 0 Å². The minimum Gasteiger partial charge on any atom is -0.359 e. The Morgan fingerprint density at radius 3 is 3.00 bits per heavy atom. The topological polar surface area (TPSA) is 104 Å². The van der Waals surface area contributed by atoms with Crippen molar-refractivity contribution in [1.29, 1.82) is 0 Å². The largest absolute Gasteiger partial charge is 0.359 e. The van der Waals surface area contributed by atoms with Crippen LogP contribution in [0.3, 0.4) is 0 Å². The molecule has 0 aromatic carbocycles. The molecule has 1 heterocycles. The molecular formula is C11H16N4O3S. The van der Waals surface area contributed by atoms with Gasteiger partial charge in [0.15, 0.2) is 0 Å². The second-order valence-corrected chi connectivity index (χ2v) is 4.56. The molecule has 0 atom stereocenters. The number of thioether (sulfide) groups is 1. The number of carbonyl (C=O) groups excluding carboxylic acids is 2. The summed E-state index contributed by atoms with van der Waals surface area (Å²) in [6.07, 6.45) is 3.10. The summed E-state index contributed by atoms with van der Waals surface area (Å²) in [6.45, 7) is 0.899. The third-order valence-corrected chi connectivity index (χ3v) is 2.73. The number of carbonyl (C=O) groups is 2. The molecule has 0 saturated carbocycles. The van der Waals surface area contributed by atoms with E-state index in [4.69, 9.17) is 0 Å². The van der Waals surface area contributed by atoms with Crippen molar-refractivity contribution in [2.45, 2.75) is 12.2 Å². The molecule has 0 aliphatic heterocycles. The molecule has 0 saturated heterocycles. The second kappa shape index (κ2) is 8.30. The number of hydrogen-bond donors (Lipinski definition) is 3. The van der Waals surface area contributed by atoms with Gasteiger partial charge >= 0.3 is 0 Å². The van der Waals surface area contributed by atoms with E-state index in [0.717, 1.165) is 0 Å². The van der Waals surface area contributed by atoms with Crippen LogP contribution in [-0.4, -0.2) is 41.6 Å². The molecule has 8 heteroatoms. The Hall–Kier alpha value is -1.83. The van der Waals surface area contributed by atoms with Crippen molar-refractivity contribution in [2.24, 2.45) is 0 Å². The number of aromatic amines is 1. The molecule has 0 bridgehead atoms. The van der Waals surface area contributed by atoms with Gasteiger partial charge in [-0.3, -0.25) is 14.4 Å². The van der Waals surface area contributed by atoms with E-state index < -0.39 is 0 Å². The normalized spacial score (nSPS) is 9.95. The zero-order valence-corrected chi connectivity index (χ0v) is 11.4. The van der Waals surface area contributed by atoms with Crippen molar-refractivity contribution >= 4 is 24.1 Å². The number of amides is 2. The highest BCUT2D eigenvalue weighted by Gasteiger charge is 2.09. The number of aromatic nitrogens is 2.